The maximum absolute atomic E-state index is 12.3. The second-order valence-electron chi connectivity index (χ2n) is 6.85. The molecule has 0 unspecified atom stereocenters. The van der Waals surface area contributed by atoms with Gasteiger partial charge in [-0.05, 0) is 52.2 Å². The normalized spacial score (nSPS) is 18.7. The summed E-state index contributed by atoms with van der Waals surface area (Å²) in [4.78, 5) is 26.0. The van der Waals surface area contributed by atoms with E-state index in [2.05, 4.69) is 5.32 Å². The van der Waals surface area contributed by atoms with Crippen LogP contribution >= 0.6 is 0 Å². The molecule has 1 atom stereocenters. The average Bonchev–Trinajstić information content (AvgIpc) is 3.00. The lowest BCUT2D eigenvalue weighted by molar-refractivity contribution is 0.0101. The van der Waals surface area contributed by atoms with E-state index in [0.29, 0.717) is 18.8 Å². The van der Waals surface area contributed by atoms with E-state index >= 15 is 0 Å². The van der Waals surface area contributed by atoms with Crippen molar-refractivity contribution in [3.63, 3.8) is 0 Å². The molecule has 1 fully saturated rings. The van der Waals surface area contributed by atoms with Gasteiger partial charge in [-0.1, -0.05) is 0 Å². The van der Waals surface area contributed by atoms with Crippen molar-refractivity contribution >= 4 is 11.9 Å². The number of rotatable bonds is 5. The number of carbonyl (C=O) groups is 2. The van der Waals surface area contributed by atoms with Gasteiger partial charge in [-0.2, -0.15) is 0 Å². The molecule has 1 amide bonds. The van der Waals surface area contributed by atoms with Gasteiger partial charge >= 0.3 is 6.09 Å². The minimum absolute atomic E-state index is 0.0583. The third kappa shape index (κ3) is 5.39. The fourth-order valence-electron chi connectivity index (χ4n) is 2.65. The second kappa shape index (κ2) is 7.64. The van der Waals surface area contributed by atoms with E-state index in [1.54, 1.807) is 17.0 Å². The average molecular weight is 322 g/mol. The largest absolute Gasteiger partial charge is 0.461 e. The Morgan fingerprint density at radius 2 is 2.17 bits per heavy atom. The first-order valence-electron chi connectivity index (χ1n) is 8.14. The van der Waals surface area contributed by atoms with E-state index in [0.717, 1.165) is 19.3 Å². The number of ether oxygens (including phenoxy) is 1. The van der Waals surface area contributed by atoms with E-state index in [1.165, 1.54) is 6.26 Å². The van der Waals surface area contributed by atoms with E-state index in [1.807, 2.05) is 20.8 Å². The van der Waals surface area contributed by atoms with Crippen LogP contribution in [0.4, 0.5) is 4.79 Å². The maximum Gasteiger partial charge on any atom is 0.410 e. The standard InChI is InChI=1S/C17H26N2O4/c1-17(2,3)23-16(21)19-9-5-4-7-13(19)11-18-12-14(20)15-8-6-10-22-15/h6,8,10,13,18H,4-5,7,9,11-12H2,1-3H3/t13-/m1/s1. The maximum atomic E-state index is 12.3. The molecule has 0 aliphatic carbocycles. The van der Waals surface area contributed by atoms with E-state index in [9.17, 15) is 9.59 Å². The van der Waals surface area contributed by atoms with Gasteiger partial charge in [0.2, 0.25) is 5.78 Å². The van der Waals surface area contributed by atoms with Crippen LogP contribution in [0.3, 0.4) is 0 Å². The zero-order valence-electron chi connectivity index (χ0n) is 14.1. The van der Waals surface area contributed by atoms with Gasteiger partial charge < -0.3 is 19.4 Å². The van der Waals surface area contributed by atoms with Gasteiger partial charge in [-0.15, -0.1) is 0 Å². The monoisotopic (exact) mass is 322 g/mol. The predicted octanol–water partition coefficient (Wildman–Crippen LogP) is 2.84. The Kier molecular flexibility index (Phi) is 5.82. The van der Waals surface area contributed by atoms with Crippen LogP contribution in [0.15, 0.2) is 22.8 Å². The summed E-state index contributed by atoms with van der Waals surface area (Å²) in [5.74, 6) is 0.264. The number of piperidine rings is 1. The Balaban J connectivity index is 1.84. The molecule has 2 rings (SSSR count). The molecular formula is C17H26N2O4. The fraction of sp³-hybridized carbons (Fsp3) is 0.647. The third-order valence-corrected chi connectivity index (χ3v) is 3.72. The number of furan rings is 1. The number of carbonyl (C=O) groups excluding carboxylic acids is 2. The molecule has 0 bridgehead atoms. The minimum Gasteiger partial charge on any atom is -0.461 e. The molecule has 0 saturated carbocycles. The Labute approximate surface area is 137 Å². The second-order valence-corrected chi connectivity index (χ2v) is 6.85. The van der Waals surface area contributed by atoms with Crippen molar-refractivity contribution in [2.75, 3.05) is 19.6 Å². The number of ketones is 1. The van der Waals surface area contributed by atoms with Crippen molar-refractivity contribution in [1.82, 2.24) is 10.2 Å². The topological polar surface area (TPSA) is 71.8 Å². The van der Waals surface area contributed by atoms with E-state index in [-0.39, 0.29) is 24.5 Å². The lowest BCUT2D eigenvalue weighted by atomic mass is 10.0. The Morgan fingerprint density at radius 3 is 2.83 bits per heavy atom. The van der Waals surface area contributed by atoms with Gasteiger partial charge in [-0.25, -0.2) is 4.79 Å². The summed E-state index contributed by atoms with van der Waals surface area (Å²) in [5, 5.41) is 3.13. The van der Waals surface area contributed by atoms with Crippen molar-refractivity contribution in [3.8, 4) is 0 Å². The van der Waals surface area contributed by atoms with Crippen molar-refractivity contribution in [3.05, 3.63) is 24.2 Å². The van der Waals surface area contributed by atoms with E-state index in [4.69, 9.17) is 9.15 Å². The van der Waals surface area contributed by atoms with Crippen molar-refractivity contribution in [1.29, 1.82) is 0 Å². The summed E-state index contributed by atoms with van der Waals surface area (Å²) in [5.41, 5.74) is -0.498. The number of nitrogens with one attached hydrogen (secondary N) is 1. The Bertz CT molecular complexity index is 519. The molecule has 0 spiro atoms. The highest BCUT2D eigenvalue weighted by Crippen LogP contribution is 2.20. The molecule has 1 aromatic heterocycles. The van der Waals surface area contributed by atoms with Gasteiger partial charge in [0.15, 0.2) is 5.76 Å². The number of likely N-dealkylation sites (tertiary alicyclic amines) is 1. The molecule has 6 nitrogen and oxygen atoms in total. The number of hydrogen-bond donors (Lipinski definition) is 1. The lowest BCUT2D eigenvalue weighted by Gasteiger charge is -2.36. The molecule has 2 heterocycles. The lowest BCUT2D eigenvalue weighted by Crippen LogP contribution is -2.50. The smallest absolute Gasteiger partial charge is 0.410 e. The highest BCUT2D eigenvalue weighted by Gasteiger charge is 2.30. The number of Topliss-reactive ketones (excluding diaryl/α,β-unsaturated/α-hetero) is 1. The molecule has 128 valence electrons. The predicted molar refractivity (Wildman–Crippen MR) is 86.5 cm³/mol. The summed E-state index contributed by atoms with van der Waals surface area (Å²) in [6, 6.07) is 3.40. The molecule has 1 aliphatic rings. The summed E-state index contributed by atoms with van der Waals surface area (Å²) in [6.07, 6.45) is 4.19. The zero-order valence-corrected chi connectivity index (χ0v) is 14.1. The van der Waals surface area contributed by atoms with Crippen LogP contribution in [0.1, 0.15) is 50.6 Å². The summed E-state index contributed by atoms with van der Waals surface area (Å²) >= 11 is 0. The Hall–Kier alpha value is -1.82. The third-order valence-electron chi connectivity index (χ3n) is 3.72. The number of hydrogen-bond acceptors (Lipinski definition) is 5. The summed E-state index contributed by atoms with van der Waals surface area (Å²) in [7, 11) is 0. The number of amides is 1. The van der Waals surface area contributed by atoms with Gasteiger partial charge in [0, 0.05) is 19.1 Å². The first kappa shape index (κ1) is 17.5. The highest BCUT2D eigenvalue weighted by molar-refractivity contribution is 5.94. The van der Waals surface area contributed by atoms with Gasteiger partial charge in [0.1, 0.15) is 5.60 Å². The quantitative estimate of drug-likeness (QED) is 0.844. The van der Waals surface area contributed by atoms with Crippen LogP contribution in [0.2, 0.25) is 0 Å². The SMILES string of the molecule is CC(C)(C)OC(=O)N1CCCC[C@@H]1CNCC(=O)c1ccco1. The molecule has 0 radical (unpaired) electrons. The first-order valence-corrected chi connectivity index (χ1v) is 8.14. The summed E-state index contributed by atoms with van der Waals surface area (Å²) < 4.78 is 10.5. The molecule has 23 heavy (non-hydrogen) atoms. The highest BCUT2D eigenvalue weighted by atomic mass is 16.6. The summed E-state index contributed by atoms with van der Waals surface area (Å²) in [6.45, 7) is 7.07. The van der Waals surface area contributed by atoms with E-state index < -0.39 is 5.60 Å². The molecule has 1 N–H and O–H groups in total. The molecule has 0 aromatic carbocycles. The van der Waals surface area contributed by atoms with Crippen molar-refractivity contribution in [2.24, 2.45) is 0 Å². The van der Waals surface area contributed by atoms with Crippen LogP contribution in [0.5, 0.6) is 0 Å². The van der Waals surface area contributed by atoms with Crippen molar-refractivity contribution < 1.29 is 18.7 Å². The molecule has 1 saturated heterocycles. The van der Waals surface area contributed by atoms with Gasteiger partial charge in [0.25, 0.3) is 0 Å². The molecular weight excluding hydrogens is 296 g/mol. The number of nitrogens with zero attached hydrogens (tertiary/aromatic N) is 1. The van der Waals surface area contributed by atoms with Crippen LogP contribution in [-0.2, 0) is 4.74 Å². The molecule has 1 aliphatic heterocycles. The van der Waals surface area contributed by atoms with Crippen LogP contribution in [-0.4, -0.2) is 48.1 Å². The van der Waals surface area contributed by atoms with Crippen LogP contribution in [0, 0.1) is 0 Å². The zero-order chi connectivity index (χ0) is 16.9. The van der Waals surface area contributed by atoms with Gasteiger partial charge in [0.05, 0.1) is 12.8 Å². The first-order chi connectivity index (χ1) is 10.9. The Morgan fingerprint density at radius 1 is 1.39 bits per heavy atom. The fourth-order valence-corrected chi connectivity index (χ4v) is 2.65. The van der Waals surface area contributed by atoms with Crippen molar-refractivity contribution in [2.45, 2.75) is 51.7 Å². The molecule has 6 heteroatoms. The van der Waals surface area contributed by atoms with Gasteiger partial charge in [-0.3, -0.25) is 4.79 Å². The minimum atomic E-state index is -0.498. The molecule has 1 aromatic rings. The van der Waals surface area contributed by atoms with Crippen LogP contribution in [0.25, 0.3) is 0 Å². The van der Waals surface area contributed by atoms with Crippen LogP contribution < -0.4 is 5.32 Å².